The second-order valence-corrected chi connectivity index (χ2v) is 8.32. The van der Waals surface area contributed by atoms with Gasteiger partial charge in [0.05, 0.1) is 0 Å². The van der Waals surface area contributed by atoms with Gasteiger partial charge in [-0.3, -0.25) is 4.79 Å². The minimum absolute atomic E-state index is 0.0391. The summed E-state index contributed by atoms with van der Waals surface area (Å²) < 4.78 is 0. The molecule has 1 atom stereocenters. The lowest BCUT2D eigenvalue weighted by Crippen LogP contribution is -2.47. The monoisotopic (exact) mass is 413 g/mol. The zero-order valence-corrected chi connectivity index (χ0v) is 17.9. The number of hydrogen-bond acceptors (Lipinski definition) is 2. The van der Waals surface area contributed by atoms with E-state index in [4.69, 9.17) is 11.6 Å². The minimum atomic E-state index is -0.428. The largest absolute Gasteiger partial charge is 0.340 e. The third kappa shape index (κ3) is 5.30. The number of benzene rings is 2. The smallest absolute Gasteiger partial charge is 0.322 e. The molecule has 154 valence electrons. The van der Waals surface area contributed by atoms with Crippen LogP contribution < -0.4 is 5.32 Å². The molecule has 0 aromatic heterocycles. The number of nitrogens with one attached hydrogen (secondary N) is 1. The summed E-state index contributed by atoms with van der Waals surface area (Å²) >= 11 is 5.93. The van der Waals surface area contributed by atoms with E-state index in [9.17, 15) is 9.59 Å². The van der Waals surface area contributed by atoms with Crippen LogP contribution in [-0.4, -0.2) is 41.4 Å². The predicted molar refractivity (Wildman–Crippen MR) is 117 cm³/mol. The molecule has 0 unspecified atom stereocenters. The molecular formula is C23H28ClN3O2. The first-order valence-electron chi connectivity index (χ1n) is 10.0. The number of likely N-dealkylation sites (N-methyl/N-ethyl adjacent to an activating group) is 1. The molecule has 1 saturated heterocycles. The van der Waals surface area contributed by atoms with Gasteiger partial charge in [-0.1, -0.05) is 49.7 Å². The highest BCUT2D eigenvalue weighted by Gasteiger charge is 2.35. The number of hydrogen-bond donors (Lipinski definition) is 1. The van der Waals surface area contributed by atoms with Gasteiger partial charge in [0.1, 0.15) is 6.04 Å². The van der Waals surface area contributed by atoms with Gasteiger partial charge < -0.3 is 15.1 Å². The van der Waals surface area contributed by atoms with Crippen molar-refractivity contribution in [3.05, 3.63) is 64.7 Å². The van der Waals surface area contributed by atoms with Crippen LogP contribution in [0, 0.1) is 0 Å². The second-order valence-electron chi connectivity index (χ2n) is 7.88. The summed E-state index contributed by atoms with van der Waals surface area (Å²) in [6, 6.07) is 14.7. The molecular weight excluding hydrogens is 386 g/mol. The van der Waals surface area contributed by atoms with Crippen LogP contribution in [-0.2, 0) is 11.3 Å². The Kier molecular flexibility index (Phi) is 6.80. The normalized spacial score (nSPS) is 16.2. The van der Waals surface area contributed by atoms with E-state index in [0.717, 1.165) is 17.7 Å². The average molecular weight is 414 g/mol. The molecule has 1 aliphatic rings. The van der Waals surface area contributed by atoms with Crippen LogP contribution in [0.2, 0.25) is 5.02 Å². The van der Waals surface area contributed by atoms with Gasteiger partial charge in [-0.15, -0.1) is 0 Å². The molecule has 5 nitrogen and oxygen atoms in total. The number of anilines is 1. The van der Waals surface area contributed by atoms with E-state index in [0.29, 0.717) is 30.5 Å². The summed E-state index contributed by atoms with van der Waals surface area (Å²) in [6.45, 7) is 5.34. The average Bonchev–Trinajstić information content (AvgIpc) is 3.19. The summed E-state index contributed by atoms with van der Waals surface area (Å²) in [4.78, 5) is 29.1. The van der Waals surface area contributed by atoms with Crippen molar-refractivity contribution in [1.82, 2.24) is 9.80 Å². The van der Waals surface area contributed by atoms with Crippen LogP contribution >= 0.6 is 11.6 Å². The lowest BCUT2D eigenvalue weighted by atomic mass is 10.0. The Labute approximate surface area is 177 Å². The molecule has 0 bridgehead atoms. The number of carbonyl (C=O) groups excluding carboxylic acids is 2. The maximum Gasteiger partial charge on any atom is 0.322 e. The summed E-state index contributed by atoms with van der Waals surface area (Å²) in [5.74, 6) is 0.402. The van der Waals surface area contributed by atoms with E-state index in [-0.39, 0.29) is 11.9 Å². The number of urea groups is 1. The van der Waals surface area contributed by atoms with E-state index >= 15 is 0 Å². The fourth-order valence-electron chi connectivity index (χ4n) is 3.61. The molecule has 1 aliphatic heterocycles. The van der Waals surface area contributed by atoms with Crippen LogP contribution in [0.15, 0.2) is 48.5 Å². The SMILES string of the molecule is CC(C)c1ccc(NC(=O)N2CCC[C@@H]2C(=O)N(C)Cc2ccc(Cl)cc2)cc1. The molecule has 0 saturated carbocycles. The first-order chi connectivity index (χ1) is 13.8. The molecule has 29 heavy (non-hydrogen) atoms. The van der Waals surface area contributed by atoms with Crippen molar-refractivity contribution < 1.29 is 9.59 Å². The minimum Gasteiger partial charge on any atom is -0.340 e. The number of rotatable bonds is 5. The van der Waals surface area contributed by atoms with Gasteiger partial charge >= 0.3 is 6.03 Å². The third-order valence-electron chi connectivity index (χ3n) is 5.34. The molecule has 6 heteroatoms. The third-order valence-corrected chi connectivity index (χ3v) is 5.59. The second kappa shape index (κ2) is 9.31. The maximum absolute atomic E-state index is 13.0. The lowest BCUT2D eigenvalue weighted by molar-refractivity contribution is -0.134. The Morgan fingerprint density at radius 1 is 1.14 bits per heavy atom. The van der Waals surface area contributed by atoms with E-state index in [1.54, 1.807) is 16.8 Å². The molecule has 0 spiro atoms. The fourth-order valence-corrected chi connectivity index (χ4v) is 3.74. The molecule has 1 heterocycles. The van der Waals surface area contributed by atoms with Gasteiger partial charge in [-0.05, 0) is 54.2 Å². The highest BCUT2D eigenvalue weighted by molar-refractivity contribution is 6.30. The van der Waals surface area contributed by atoms with Gasteiger partial charge in [0, 0.05) is 30.8 Å². The Hall–Kier alpha value is -2.53. The molecule has 0 aliphatic carbocycles. The van der Waals surface area contributed by atoms with Crippen LogP contribution in [0.3, 0.4) is 0 Å². The molecule has 1 N–H and O–H groups in total. The van der Waals surface area contributed by atoms with E-state index in [1.807, 2.05) is 48.5 Å². The standard InChI is InChI=1S/C23H28ClN3O2/c1-16(2)18-8-12-20(13-9-18)25-23(29)27-14-4-5-21(27)22(28)26(3)15-17-6-10-19(24)11-7-17/h6-13,16,21H,4-5,14-15H2,1-3H3,(H,25,29)/t21-/m1/s1. The van der Waals surface area contributed by atoms with Crippen molar-refractivity contribution in [3.63, 3.8) is 0 Å². The van der Waals surface area contributed by atoms with Gasteiger partial charge in [0.15, 0.2) is 0 Å². The highest BCUT2D eigenvalue weighted by atomic mass is 35.5. The predicted octanol–water partition coefficient (Wildman–Crippen LogP) is 5.12. The zero-order chi connectivity index (χ0) is 21.0. The van der Waals surface area contributed by atoms with Gasteiger partial charge in [0.25, 0.3) is 0 Å². The molecule has 2 aromatic rings. The lowest BCUT2D eigenvalue weighted by Gasteiger charge is -2.28. The number of amides is 3. The summed E-state index contributed by atoms with van der Waals surface area (Å²) in [6.07, 6.45) is 1.51. The number of carbonyl (C=O) groups is 2. The first-order valence-corrected chi connectivity index (χ1v) is 10.4. The number of nitrogens with zero attached hydrogens (tertiary/aromatic N) is 2. The Morgan fingerprint density at radius 3 is 2.41 bits per heavy atom. The van der Waals surface area contributed by atoms with E-state index < -0.39 is 6.04 Å². The Morgan fingerprint density at radius 2 is 1.79 bits per heavy atom. The quantitative estimate of drug-likeness (QED) is 0.739. The van der Waals surface area contributed by atoms with Crippen molar-refractivity contribution in [2.24, 2.45) is 0 Å². The maximum atomic E-state index is 13.0. The first kappa shape index (κ1) is 21.2. The zero-order valence-electron chi connectivity index (χ0n) is 17.2. The number of halogens is 1. The van der Waals surface area contributed by atoms with Crippen molar-refractivity contribution in [1.29, 1.82) is 0 Å². The van der Waals surface area contributed by atoms with Crippen LogP contribution in [0.1, 0.15) is 43.7 Å². The highest BCUT2D eigenvalue weighted by Crippen LogP contribution is 2.23. The van der Waals surface area contributed by atoms with Gasteiger partial charge in [0.2, 0.25) is 5.91 Å². The van der Waals surface area contributed by atoms with Crippen LogP contribution in [0.5, 0.6) is 0 Å². The molecule has 0 radical (unpaired) electrons. The van der Waals surface area contributed by atoms with E-state index in [2.05, 4.69) is 19.2 Å². The van der Waals surface area contributed by atoms with E-state index in [1.165, 1.54) is 5.56 Å². The fraction of sp³-hybridized carbons (Fsp3) is 0.391. The van der Waals surface area contributed by atoms with Crippen molar-refractivity contribution in [3.8, 4) is 0 Å². The molecule has 2 aromatic carbocycles. The summed E-state index contributed by atoms with van der Waals surface area (Å²) in [7, 11) is 1.77. The molecule has 1 fully saturated rings. The van der Waals surface area contributed by atoms with Crippen LogP contribution in [0.25, 0.3) is 0 Å². The van der Waals surface area contributed by atoms with Gasteiger partial charge in [-0.2, -0.15) is 0 Å². The van der Waals surface area contributed by atoms with Crippen molar-refractivity contribution in [2.75, 3.05) is 18.9 Å². The number of likely N-dealkylation sites (tertiary alicyclic amines) is 1. The van der Waals surface area contributed by atoms with Crippen molar-refractivity contribution >= 4 is 29.2 Å². The molecule has 3 amide bonds. The van der Waals surface area contributed by atoms with Gasteiger partial charge in [-0.25, -0.2) is 4.79 Å². The summed E-state index contributed by atoms with van der Waals surface area (Å²) in [5, 5.41) is 3.60. The Bertz CT molecular complexity index is 849. The van der Waals surface area contributed by atoms with Crippen LogP contribution in [0.4, 0.5) is 10.5 Å². The Balaban J connectivity index is 1.62. The molecule has 3 rings (SSSR count). The topological polar surface area (TPSA) is 52.7 Å². The summed E-state index contributed by atoms with van der Waals surface area (Å²) in [5.41, 5.74) is 2.97. The van der Waals surface area contributed by atoms with Crippen molar-refractivity contribution in [2.45, 2.75) is 45.2 Å².